The third kappa shape index (κ3) is 8.42. The van der Waals surface area contributed by atoms with Crippen LogP contribution in [-0.2, 0) is 0 Å². The van der Waals surface area contributed by atoms with E-state index in [1.165, 1.54) is 38.2 Å². The van der Waals surface area contributed by atoms with Gasteiger partial charge in [-0.25, -0.2) is 0 Å². The van der Waals surface area contributed by atoms with Crippen molar-refractivity contribution in [3.8, 4) is 22.3 Å². The summed E-state index contributed by atoms with van der Waals surface area (Å²) in [4.78, 5) is 4.43. The lowest BCUT2D eigenvalue weighted by molar-refractivity contribution is 0.304. The molecule has 0 spiro atoms. The van der Waals surface area contributed by atoms with Crippen LogP contribution in [0, 0.1) is 27.7 Å². The second kappa shape index (κ2) is 19.7. The average Bonchev–Trinajstić information content (AvgIpc) is 3.82. The number of aliphatic hydroxyl groups excluding tert-OH is 1. The van der Waals surface area contributed by atoms with E-state index in [1.54, 1.807) is 6.08 Å². The van der Waals surface area contributed by atoms with Gasteiger partial charge in [-0.1, -0.05) is 207 Å². The summed E-state index contributed by atoms with van der Waals surface area (Å²) in [6.45, 7) is 16.2. The minimum Gasteiger partial charge on any atom is -0.453 e. The van der Waals surface area contributed by atoms with Gasteiger partial charge in [-0.05, 0) is 130 Å². The molecular formula is C69H56N2O2. The lowest BCUT2D eigenvalue weighted by Crippen LogP contribution is -2.20. The van der Waals surface area contributed by atoms with E-state index in [2.05, 4.69) is 246 Å². The lowest BCUT2D eigenvalue weighted by Gasteiger charge is -2.30. The Morgan fingerprint density at radius 2 is 1.03 bits per heavy atom. The van der Waals surface area contributed by atoms with Gasteiger partial charge in [0.25, 0.3) is 0 Å². The molecule has 12 rings (SSSR count). The highest BCUT2D eigenvalue weighted by Gasteiger charge is 2.25. The molecule has 0 atom stereocenters. The Morgan fingerprint density at radius 3 is 1.73 bits per heavy atom. The van der Waals surface area contributed by atoms with Crippen LogP contribution in [-0.4, -0.2) is 11.8 Å². The second-order valence-electron chi connectivity index (χ2n) is 18.8. The highest BCUT2D eigenvalue weighted by atomic mass is 16.3. The monoisotopic (exact) mass is 944 g/mol. The number of nitrogens with zero attached hydrogens (tertiary/aromatic N) is 2. The van der Waals surface area contributed by atoms with E-state index < -0.39 is 0 Å². The Morgan fingerprint density at radius 1 is 0.479 bits per heavy atom. The largest absolute Gasteiger partial charge is 0.453 e. The summed E-state index contributed by atoms with van der Waals surface area (Å²) in [5.41, 5.74) is 18.4. The number of fused-ring (bicyclic) bond motifs is 3. The van der Waals surface area contributed by atoms with Crippen LogP contribution in [0.1, 0.15) is 27.8 Å². The summed E-state index contributed by atoms with van der Waals surface area (Å²) in [5.74, 6) is 0. The molecule has 73 heavy (non-hydrogen) atoms. The Labute approximate surface area is 427 Å². The number of allylic oxidation sites excluding steroid dienone is 4. The molecular weight excluding hydrogens is 889 g/mol. The standard InChI is InChI=1S/C50H38N2O2.C19H18/c1-31-12-7-8-20-42(31)52(45-21-11-19-39-38-18-10-17-37(49(38)54-50(39)45)34-15-5-4-6-16-34)44-29-25-36-22-26-40-43(28-24-35-23-27-41(44)47(36)46(35)40)51(30-53)48-32(2)13-9-14-33(48)3;1-4-5-9-15(2)17-11-8-12-18(14-17)19-13-7-6-10-16(19)3/h4-29,53H,30H2,1-3H3;4-14H,1-2H2,3H3/b;9-5-. The van der Waals surface area contributed by atoms with Crippen LogP contribution < -0.4 is 9.80 Å². The number of furan rings is 1. The summed E-state index contributed by atoms with van der Waals surface area (Å²) >= 11 is 0. The van der Waals surface area contributed by atoms with Crippen molar-refractivity contribution in [3.05, 3.63) is 265 Å². The summed E-state index contributed by atoms with van der Waals surface area (Å²) in [6, 6.07) is 73.0. The van der Waals surface area contributed by atoms with Crippen LogP contribution >= 0.6 is 0 Å². The van der Waals surface area contributed by atoms with Crippen molar-refractivity contribution in [2.24, 2.45) is 0 Å². The molecule has 0 fully saturated rings. The number of aryl methyl sites for hydroxylation is 4. The maximum Gasteiger partial charge on any atom is 0.159 e. The molecule has 12 aromatic rings. The van der Waals surface area contributed by atoms with Crippen molar-refractivity contribution < 1.29 is 9.52 Å². The van der Waals surface area contributed by atoms with Crippen LogP contribution in [0.3, 0.4) is 0 Å². The number of para-hydroxylation sites is 4. The van der Waals surface area contributed by atoms with Gasteiger partial charge in [0.1, 0.15) is 12.3 Å². The van der Waals surface area contributed by atoms with Crippen molar-refractivity contribution in [1.29, 1.82) is 0 Å². The fourth-order valence-corrected chi connectivity index (χ4v) is 10.8. The summed E-state index contributed by atoms with van der Waals surface area (Å²) in [5, 5.41) is 20.1. The summed E-state index contributed by atoms with van der Waals surface area (Å²) < 4.78 is 7.00. The molecule has 0 unspecified atom stereocenters. The third-order valence-electron chi connectivity index (χ3n) is 14.3. The number of benzene rings is 11. The Bertz CT molecular complexity index is 4040. The van der Waals surface area contributed by atoms with Crippen LogP contribution in [0.4, 0.5) is 28.4 Å². The molecule has 0 aliphatic carbocycles. The van der Waals surface area contributed by atoms with Gasteiger partial charge in [0.05, 0.1) is 17.1 Å². The van der Waals surface area contributed by atoms with Gasteiger partial charge in [0.15, 0.2) is 5.58 Å². The van der Waals surface area contributed by atoms with Gasteiger partial charge >= 0.3 is 0 Å². The van der Waals surface area contributed by atoms with Gasteiger partial charge in [-0.2, -0.15) is 0 Å². The van der Waals surface area contributed by atoms with Gasteiger partial charge < -0.3 is 19.3 Å². The molecule has 1 N–H and O–H groups in total. The first kappa shape index (κ1) is 46.4. The topological polar surface area (TPSA) is 39.9 Å². The lowest BCUT2D eigenvalue weighted by atomic mass is 9.91. The molecule has 354 valence electrons. The number of anilines is 5. The number of hydrogen-bond donors (Lipinski definition) is 1. The van der Waals surface area contributed by atoms with E-state index in [4.69, 9.17) is 4.42 Å². The maximum absolute atomic E-state index is 10.9. The van der Waals surface area contributed by atoms with Crippen LogP contribution in [0.25, 0.3) is 82.1 Å². The van der Waals surface area contributed by atoms with Crippen molar-refractivity contribution in [3.63, 3.8) is 0 Å². The van der Waals surface area contributed by atoms with Crippen molar-refractivity contribution in [2.45, 2.75) is 27.7 Å². The summed E-state index contributed by atoms with van der Waals surface area (Å²) in [7, 11) is 0. The van der Waals surface area contributed by atoms with Gasteiger partial charge in [0.2, 0.25) is 0 Å². The molecule has 0 aliphatic rings. The second-order valence-corrected chi connectivity index (χ2v) is 18.8. The van der Waals surface area contributed by atoms with Crippen LogP contribution in [0.2, 0.25) is 0 Å². The zero-order valence-electron chi connectivity index (χ0n) is 41.7. The molecule has 0 amide bonds. The molecule has 1 aromatic heterocycles. The highest BCUT2D eigenvalue weighted by molar-refractivity contribution is 6.28. The first-order valence-corrected chi connectivity index (χ1v) is 24.9. The van der Waals surface area contributed by atoms with Crippen LogP contribution in [0.15, 0.2) is 242 Å². The van der Waals surface area contributed by atoms with Gasteiger partial charge in [0, 0.05) is 38.5 Å². The number of aliphatic hydroxyl groups is 1. The van der Waals surface area contributed by atoms with E-state index >= 15 is 0 Å². The Balaban J connectivity index is 0.000000255. The highest BCUT2D eigenvalue weighted by Crippen LogP contribution is 2.49. The third-order valence-corrected chi connectivity index (χ3v) is 14.3. The van der Waals surface area contributed by atoms with Crippen LogP contribution in [0.5, 0.6) is 0 Å². The predicted molar refractivity (Wildman–Crippen MR) is 312 cm³/mol. The molecule has 0 saturated carbocycles. The fraction of sp³-hybridized carbons (Fsp3) is 0.0725. The molecule has 4 nitrogen and oxygen atoms in total. The molecule has 0 bridgehead atoms. The number of rotatable bonds is 11. The zero-order chi connectivity index (χ0) is 50.2. The van der Waals surface area contributed by atoms with Gasteiger partial charge in [-0.3, -0.25) is 0 Å². The molecule has 0 radical (unpaired) electrons. The molecule has 11 aromatic carbocycles. The minimum atomic E-state index is -0.129. The summed E-state index contributed by atoms with van der Waals surface area (Å²) in [6.07, 6.45) is 5.64. The van der Waals surface area contributed by atoms with Crippen molar-refractivity contribution in [2.75, 3.05) is 16.5 Å². The van der Waals surface area contributed by atoms with E-state index in [1.807, 2.05) is 23.1 Å². The van der Waals surface area contributed by atoms with E-state index in [9.17, 15) is 5.11 Å². The quantitative estimate of drug-likeness (QED) is 0.0797. The van der Waals surface area contributed by atoms with E-state index in [0.717, 1.165) is 100 Å². The predicted octanol–water partition coefficient (Wildman–Crippen LogP) is 19.1. The molecule has 4 heteroatoms. The Hall–Kier alpha value is -8.96. The van der Waals surface area contributed by atoms with Crippen molar-refractivity contribution >= 4 is 88.3 Å². The zero-order valence-corrected chi connectivity index (χ0v) is 41.7. The fourth-order valence-electron chi connectivity index (χ4n) is 10.8. The SMILES string of the molecule is C=C/C=C\C(=C)c1cccc(-c2ccccc2C)c1.Cc1ccccc1N(c1ccc2ccc3c(N(CO)c4c(C)cccc4C)ccc4ccc1c2c43)c1cccc2c1oc1c(-c3ccccc3)cccc12. The molecule has 0 saturated heterocycles. The normalized spacial score (nSPS) is 11.5. The Kier molecular flexibility index (Phi) is 12.5. The first-order valence-electron chi connectivity index (χ1n) is 24.9. The minimum absolute atomic E-state index is 0.129. The van der Waals surface area contributed by atoms with Crippen molar-refractivity contribution in [1.82, 2.24) is 0 Å². The first-order chi connectivity index (χ1) is 35.7. The molecule has 0 aliphatic heterocycles. The van der Waals surface area contributed by atoms with Gasteiger partial charge in [-0.15, -0.1) is 0 Å². The smallest absolute Gasteiger partial charge is 0.159 e. The van der Waals surface area contributed by atoms with E-state index in [0.29, 0.717) is 0 Å². The van der Waals surface area contributed by atoms with E-state index in [-0.39, 0.29) is 6.73 Å². The average molecular weight is 945 g/mol. The maximum atomic E-state index is 10.9. The number of hydrogen-bond acceptors (Lipinski definition) is 4. The molecule has 1 heterocycles.